The molecule has 0 saturated carbocycles. The summed E-state index contributed by atoms with van der Waals surface area (Å²) >= 11 is 0. The van der Waals surface area contributed by atoms with Gasteiger partial charge in [0.15, 0.2) is 0 Å². The minimum Gasteiger partial charge on any atom is -0.492 e. The second-order valence-electron chi connectivity index (χ2n) is 6.60. The van der Waals surface area contributed by atoms with Gasteiger partial charge in [0.2, 0.25) is 5.91 Å². The van der Waals surface area contributed by atoms with Crippen molar-refractivity contribution in [2.75, 3.05) is 33.3 Å². The Morgan fingerprint density at radius 3 is 3.04 bits per heavy atom. The molecule has 0 aliphatic carbocycles. The van der Waals surface area contributed by atoms with Crippen LogP contribution in [0.1, 0.15) is 12.8 Å². The van der Waals surface area contributed by atoms with Gasteiger partial charge in [-0.25, -0.2) is 0 Å². The van der Waals surface area contributed by atoms with E-state index in [0.717, 1.165) is 42.8 Å². The van der Waals surface area contributed by atoms with Crippen LogP contribution >= 0.6 is 0 Å². The number of aromatic nitrogens is 2. The summed E-state index contributed by atoms with van der Waals surface area (Å²) < 4.78 is 7.52. The predicted octanol–water partition coefficient (Wildman–Crippen LogP) is 1.72. The van der Waals surface area contributed by atoms with Gasteiger partial charge in [-0.3, -0.25) is 9.48 Å². The topological polar surface area (TPSA) is 59.4 Å². The molecule has 133 valence electrons. The summed E-state index contributed by atoms with van der Waals surface area (Å²) in [4.78, 5) is 14.4. The van der Waals surface area contributed by atoms with Crippen LogP contribution in [0, 0.1) is 12.0 Å². The van der Waals surface area contributed by atoms with Crippen molar-refractivity contribution < 1.29 is 9.53 Å². The molecule has 1 aliphatic rings. The van der Waals surface area contributed by atoms with Crippen molar-refractivity contribution >= 4 is 5.91 Å². The zero-order valence-electron chi connectivity index (χ0n) is 14.9. The van der Waals surface area contributed by atoms with Crippen LogP contribution in [0.25, 0.3) is 11.1 Å². The molecule has 0 bridgehead atoms. The normalized spacial score (nSPS) is 18.1. The van der Waals surface area contributed by atoms with E-state index in [-0.39, 0.29) is 11.8 Å². The van der Waals surface area contributed by atoms with Crippen molar-refractivity contribution in [3.05, 3.63) is 36.7 Å². The lowest BCUT2D eigenvalue weighted by molar-refractivity contribution is -0.126. The summed E-state index contributed by atoms with van der Waals surface area (Å²) in [6.45, 7) is 2.88. The standard InChI is InChI=1S/C19H25N4O2/c1-22-9-4-6-16(13-22)19(24)20-8-10-25-18-7-3-5-15(11-18)17-12-21-23(2)14-17/h5,7,11-12,14,16H,4,6,8-10,13H2,1-2H3,(H,20,24)/t16-/m1/s1. The van der Waals surface area contributed by atoms with E-state index in [1.54, 1.807) is 10.7 Å². The van der Waals surface area contributed by atoms with E-state index in [0.29, 0.717) is 13.2 Å². The van der Waals surface area contributed by atoms with Gasteiger partial charge in [0, 0.05) is 25.4 Å². The van der Waals surface area contributed by atoms with Gasteiger partial charge in [0.05, 0.1) is 18.7 Å². The Kier molecular flexibility index (Phi) is 5.71. The first-order valence-corrected chi connectivity index (χ1v) is 8.71. The van der Waals surface area contributed by atoms with Crippen molar-refractivity contribution in [2.24, 2.45) is 13.0 Å². The number of amides is 1. The maximum Gasteiger partial charge on any atom is 0.224 e. The molecule has 2 heterocycles. The number of nitrogens with zero attached hydrogens (tertiary/aromatic N) is 3. The molecule has 0 unspecified atom stereocenters. The molecule has 1 fully saturated rings. The van der Waals surface area contributed by atoms with Crippen LogP contribution in [0.2, 0.25) is 0 Å². The van der Waals surface area contributed by atoms with Crippen LogP contribution in [-0.2, 0) is 11.8 Å². The monoisotopic (exact) mass is 341 g/mol. The fourth-order valence-corrected chi connectivity index (χ4v) is 3.14. The summed E-state index contributed by atoms with van der Waals surface area (Å²) in [7, 11) is 3.95. The molecule has 1 aromatic heterocycles. The van der Waals surface area contributed by atoms with Crippen LogP contribution in [0.15, 0.2) is 30.6 Å². The average molecular weight is 341 g/mol. The van der Waals surface area contributed by atoms with Gasteiger partial charge in [-0.1, -0.05) is 0 Å². The number of aryl methyl sites for hydroxylation is 1. The first kappa shape index (κ1) is 17.5. The highest BCUT2D eigenvalue weighted by Gasteiger charge is 2.23. The SMILES string of the molecule is CN1CCC[C@@H](C(=O)NCCOc2c[c]cc(-c3cnn(C)c3)c2)C1. The van der Waals surface area contributed by atoms with E-state index in [9.17, 15) is 4.79 Å². The number of hydrogen-bond acceptors (Lipinski definition) is 4. The number of benzene rings is 1. The van der Waals surface area contributed by atoms with Crippen molar-refractivity contribution in [2.45, 2.75) is 12.8 Å². The molecule has 1 atom stereocenters. The highest BCUT2D eigenvalue weighted by molar-refractivity contribution is 5.78. The molecule has 1 amide bonds. The Labute approximate surface area is 148 Å². The summed E-state index contributed by atoms with van der Waals surface area (Å²) in [5.41, 5.74) is 2.04. The number of carbonyl (C=O) groups excluding carboxylic acids is 1. The summed E-state index contributed by atoms with van der Waals surface area (Å²) in [5, 5.41) is 7.16. The number of likely N-dealkylation sites (tertiary alicyclic amines) is 1. The lowest BCUT2D eigenvalue weighted by Gasteiger charge is -2.28. The zero-order valence-corrected chi connectivity index (χ0v) is 14.9. The first-order valence-electron chi connectivity index (χ1n) is 8.71. The quantitative estimate of drug-likeness (QED) is 0.813. The second-order valence-corrected chi connectivity index (χ2v) is 6.60. The largest absolute Gasteiger partial charge is 0.492 e. The van der Waals surface area contributed by atoms with Gasteiger partial charge < -0.3 is 15.0 Å². The third-order valence-corrected chi connectivity index (χ3v) is 4.47. The van der Waals surface area contributed by atoms with Crippen LogP contribution in [-0.4, -0.2) is 53.9 Å². The Balaban J connectivity index is 1.45. The van der Waals surface area contributed by atoms with E-state index in [2.05, 4.69) is 28.4 Å². The van der Waals surface area contributed by atoms with Crippen LogP contribution < -0.4 is 10.1 Å². The Hall–Kier alpha value is -2.34. The minimum atomic E-state index is 0.0981. The van der Waals surface area contributed by atoms with Gasteiger partial charge in [-0.05, 0) is 56.3 Å². The molecule has 1 radical (unpaired) electrons. The van der Waals surface area contributed by atoms with E-state index < -0.39 is 0 Å². The molecule has 1 saturated heterocycles. The van der Waals surface area contributed by atoms with E-state index in [4.69, 9.17) is 4.74 Å². The molecular formula is C19H25N4O2. The predicted molar refractivity (Wildman–Crippen MR) is 96.2 cm³/mol. The van der Waals surface area contributed by atoms with E-state index in [1.807, 2.05) is 31.6 Å². The van der Waals surface area contributed by atoms with Gasteiger partial charge in [-0.2, -0.15) is 5.10 Å². The molecule has 3 rings (SSSR count). The Morgan fingerprint density at radius 2 is 2.28 bits per heavy atom. The number of piperidine rings is 1. The molecule has 6 nitrogen and oxygen atoms in total. The van der Waals surface area contributed by atoms with Crippen molar-refractivity contribution in [3.63, 3.8) is 0 Å². The molecule has 25 heavy (non-hydrogen) atoms. The minimum absolute atomic E-state index is 0.0981. The lowest BCUT2D eigenvalue weighted by atomic mass is 9.98. The third kappa shape index (κ3) is 4.82. The van der Waals surface area contributed by atoms with Gasteiger partial charge in [-0.15, -0.1) is 0 Å². The lowest BCUT2D eigenvalue weighted by Crippen LogP contribution is -2.42. The Bertz CT molecular complexity index is 713. The van der Waals surface area contributed by atoms with Crippen LogP contribution in [0.4, 0.5) is 0 Å². The first-order chi connectivity index (χ1) is 12.1. The average Bonchev–Trinajstić information content (AvgIpc) is 3.05. The molecular weight excluding hydrogens is 316 g/mol. The van der Waals surface area contributed by atoms with Crippen LogP contribution in [0.3, 0.4) is 0 Å². The molecule has 1 aliphatic heterocycles. The van der Waals surface area contributed by atoms with E-state index >= 15 is 0 Å². The number of carbonyl (C=O) groups is 1. The van der Waals surface area contributed by atoms with Gasteiger partial charge in [0.1, 0.15) is 12.4 Å². The van der Waals surface area contributed by atoms with Crippen molar-refractivity contribution in [1.29, 1.82) is 0 Å². The number of hydrogen-bond donors (Lipinski definition) is 1. The fraction of sp³-hybridized carbons (Fsp3) is 0.474. The van der Waals surface area contributed by atoms with Crippen LogP contribution in [0.5, 0.6) is 5.75 Å². The zero-order chi connectivity index (χ0) is 17.6. The molecule has 1 N–H and O–H groups in total. The van der Waals surface area contributed by atoms with Crippen molar-refractivity contribution in [3.8, 4) is 16.9 Å². The van der Waals surface area contributed by atoms with Crippen molar-refractivity contribution in [1.82, 2.24) is 20.0 Å². The number of rotatable bonds is 6. The van der Waals surface area contributed by atoms with Gasteiger partial charge in [0.25, 0.3) is 0 Å². The molecule has 1 aromatic carbocycles. The maximum atomic E-state index is 12.2. The smallest absolute Gasteiger partial charge is 0.224 e. The fourth-order valence-electron chi connectivity index (χ4n) is 3.14. The highest BCUT2D eigenvalue weighted by atomic mass is 16.5. The Morgan fingerprint density at radius 1 is 1.40 bits per heavy atom. The number of nitrogens with one attached hydrogen (secondary N) is 1. The summed E-state index contributed by atoms with van der Waals surface area (Å²) in [5.74, 6) is 0.972. The number of ether oxygens (including phenoxy) is 1. The molecule has 0 spiro atoms. The third-order valence-electron chi connectivity index (χ3n) is 4.47. The molecule has 6 heteroatoms. The molecule has 2 aromatic rings. The summed E-state index contributed by atoms with van der Waals surface area (Å²) in [6, 6.07) is 8.76. The highest BCUT2D eigenvalue weighted by Crippen LogP contribution is 2.22. The van der Waals surface area contributed by atoms with Gasteiger partial charge >= 0.3 is 0 Å². The summed E-state index contributed by atoms with van der Waals surface area (Å²) in [6.07, 6.45) is 5.82. The van der Waals surface area contributed by atoms with E-state index in [1.165, 1.54) is 0 Å². The second kappa shape index (κ2) is 8.16. The maximum absolute atomic E-state index is 12.2.